The number of ether oxygens (including phenoxy) is 2. The van der Waals surface area contributed by atoms with Gasteiger partial charge in [0.25, 0.3) is 5.56 Å². The first-order chi connectivity index (χ1) is 16.0. The maximum Gasteiger partial charge on any atom is 0.339 e. The first-order valence-corrected chi connectivity index (χ1v) is 9.84. The molecule has 2 aromatic carbocycles. The third-order valence-corrected chi connectivity index (χ3v) is 4.85. The highest BCUT2D eigenvalue weighted by Crippen LogP contribution is 2.20. The minimum atomic E-state index is -0.583. The maximum atomic E-state index is 12.8. The van der Waals surface area contributed by atoms with Crippen molar-refractivity contribution < 1.29 is 19.1 Å². The zero-order chi connectivity index (χ0) is 23.4. The van der Waals surface area contributed by atoms with Crippen LogP contribution in [0, 0.1) is 0 Å². The number of carbonyl (C=O) groups is 2. The van der Waals surface area contributed by atoms with E-state index in [1.807, 2.05) is 0 Å². The van der Waals surface area contributed by atoms with Crippen molar-refractivity contribution in [2.45, 2.75) is 6.54 Å². The number of methoxy groups -OCH3 is 2. The van der Waals surface area contributed by atoms with E-state index in [0.29, 0.717) is 11.6 Å². The fourth-order valence-corrected chi connectivity index (χ4v) is 3.17. The summed E-state index contributed by atoms with van der Waals surface area (Å²) >= 11 is 0. The zero-order valence-corrected chi connectivity index (χ0v) is 17.8. The Kier molecular flexibility index (Phi) is 6.07. The van der Waals surface area contributed by atoms with Crippen LogP contribution >= 0.6 is 0 Å². The van der Waals surface area contributed by atoms with Crippen molar-refractivity contribution in [1.82, 2.24) is 19.5 Å². The number of carbonyl (C=O) groups excluding carboxylic acids is 2. The average molecular weight is 445 g/mol. The second kappa shape index (κ2) is 9.27. The number of hydrogen-bond acceptors (Lipinski definition) is 8. The van der Waals surface area contributed by atoms with Crippen molar-refractivity contribution in [3.05, 3.63) is 77.0 Å². The van der Waals surface area contributed by atoms with Gasteiger partial charge in [-0.2, -0.15) is 0 Å². The molecule has 4 rings (SSSR count). The van der Waals surface area contributed by atoms with Crippen LogP contribution in [0.15, 0.2) is 65.8 Å². The van der Waals surface area contributed by atoms with Gasteiger partial charge >= 0.3 is 5.97 Å². The molecule has 0 unspecified atom stereocenters. The number of benzene rings is 2. The Morgan fingerprint density at radius 2 is 1.79 bits per heavy atom. The smallest absolute Gasteiger partial charge is 0.339 e. The van der Waals surface area contributed by atoms with Crippen molar-refractivity contribution in [3.63, 3.8) is 0 Å². The molecule has 0 saturated heterocycles. The molecule has 2 aromatic heterocycles. The zero-order valence-electron chi connectivity index (χ0n) is 17.8. The molecule has 0 aliphatic carbocycles. The second-order valence-electron chi connectivity index (χ2n) is 6.92. The molecule has 0 fully saturated rings. The number of anilines is 1. The monoisotopic (exact) mass is 445 g/mol. The fraction of sp³-hybridized carbons (Fsp3) is 0.130. The van der Waals surface area contributed by atoms with Crippen LogP contribution in [-0.4, -0.2) is 45.6 Å². The molecule has 33 heavy (non-hydrogen) atoms. The molecule has 1 N–H and O–H groups in total. The summed E-state index contributed by atoms with van der Waals surface area (Å²) in [4.78, 5) is 50.1. The summed E-state index contributed by atoms with van der Waals surface area (Å²) in [5, 5.41) is 2.80. The first kappa shape index (κ1) is 21.6. The molecule has 0 atom stereocenters. The molecule has 0 radical (unpaired) electrons. The van der Waals surface area contributed by atoms with E-state index in [1.165, 1.54) is 25.7 Å². The van der Waals surface area contributed by atoms with Gasteiger partial charge < -0.3 is 14.8 Å². The second-order valence-corrected chi connectivity index (χ2v) is 6.92. The Labute approximate surface area is 187 Å². The number of aromatic nitrogens is 4. The van der Waals surface area contributed by atoms with Gasteiger partial charge in [0.15, 0.2) is 11.5 Å². The largest absolute Gasteiger partial charge is 0.497 e. The summed E-state index contributed by atoms with van der Waals surface area (Å²) in [6.45, 7) is -0.308. The number of rotatable bonds is 6. The molecule has 2 heterocycles. The van der Waals surface area contributed by atoms with Crippen LogP contribution < -0.4 is 15.6 Å². The highest BCUT2D eigenvalue weighted by Gasteiger charge is 2.15. The third-order valence-electron chi connectivity index (χ3n) is 4.85. The van der Waals surface area contributed by atoms with Gasteiger partial charge in [0.2, 0.25) is 5.91 Å². The Morgan fingerprint density at radius 3 is 2.52 bits per heavy atom. The lowest BCUT2D eigenvalue weighted by Gasteiger charge is -2.11. The Hall–Kier alpha value is -4.60. The summed E-state index contributed by atoms with van der Waals surface area (Å²) < 4.78 is 11.0. The molecule has 0 aliphatic heterocycles. The van der Waals surface area contributed by atoms with Gasteiger partial charge in [0, 0.05) is 11.8 Å². The highest BCUT2D eigenvalue weighted by molar-refractivity contribution is 6.01. The van der Waals surface area contributed by atoms with Gasteiger partial charge in [-0.05, 0) is 36.4 Å². The molecule has 10 heteroatoms. The van der Waals surface area contributed by atoms with Crippen molar-refractivity contribution in [3.8, 4) is 17.1 Å². The number of amides is 1. The molecule has 4 aromatic rings. The van der Waals surface area contributed by atoms with Gasteiger partial charge in [-0.15, -0.1) is 0 Å². The summed E-state index contributed by atoms with van der Waals surface area (Å²) in [6.07, 6.45) is 2.64. The summed E-state index contributed by atoms with van der Waals surface area (Å²) in [5.74, 6) is 0.0191. The normalized spacial score (nSPS) is 10.6. The standard InChI is InChI=1S/C23H19N5O5/c1-32-15-9-7-14(8-10-15)20-24-11-17-21(27-20)25-13-28(22(17)30)12-19(29)26-18-6-4-3-5-16(18)23(31)33-2/h3-11,13H,12H2,1-2H3,(H,26,29). The van der Waals surface area contributed by atoms with E-state index in [-0.39, 0.29) is 28.8 Å². The summed E-state index contributed by atoms with van der Waals surface area (Å²) in [7, 11) is 2.83. The predicted molar refractivity (Wildman–Crippen MR) is 120 cm³/mol. The minimum absolute atomic E-state index is 0.178. The van der Waals surface area contributed by atoms with E-state index in [4.69, 9.17) is 9.47 Å². The molecular weight excluding hydrogens is 426 g/mol. The van der Waals surface area contributed by atoms with Crippen molar-refractivity contribution in [2.75, 3.05) is 19.5 Å². The van der Waals surface area contributed by atoms with Gasteiger partial charge in [0.1, 0.15) is 24.0 Å². The number of hydrogen-bond donors (Lipinski definition) is 1. The number of fused-ring (bicyclic) bond motifs is 1. The van der Waals surface area contributed by atoms with Crippen LogP contribution in [0.3, 0.4) is 0 Å². The fourth-order valence-electron chi connectivity index (χ4n) is 3.17. The van der Waals surface area contributed by atoms with Crippen LogP contribution in [0.1, 0.15) is 10.4 Å². The van der Waals surface area contributed by atoms with Crippen molar-refractivity contribution in [2.24, 2.45) is 0 Å². The molecular formula is C23H19N5O5. The number of para-hydroxylation sites is 1. The van der Waals surface area contributed by atoms with E-state index in [1.54, 1.807) is 49.6 Å². The third kappa shape index (κ3) is 4.54. The molecule has 1 amide bonds. The lowest BCUT2D eigenvalue weighted by molar-refractivity contribution is -0.116. The highest BCUT2D eigenvalue weighted by atomic mass is 16.5. The van der Waals surface area contributed by atoms with Crippen LogP contribution in [0.4, 0.5) is 5.69 Å². The number of nitrogens with one attached hydrogen (secondary N) is 1. The number of esters is 1. The van der Waals surface area contributed by atoms with Crippen molar-refractivity contribution in [1.29, 1.82) is 0 Å². The van der Waals surface area contributed by atoms with Crippen LogP contribution in [-0.2, 0) is 16.1 Å². The molecule has 166 valence electrons. The molecule has 0 bridgehead atoms. The maximum absolute atomic E-state index is 12.8. The lowest BCUT2D eigenvalue weighted by Crippen LogP contribution is -2.28. The van der Waals surface area contributed by atoms with E-state index in [0.717, 1.165) is 10.1 Å². The Morgan fingerprint density at radius 1 is 1.03 bits per heavy atom. The first-order valence-electron chi connectivity index (χ1n) is 9.84. The quantitative estimate of drug-likeness (QED) is 0.448. The molecule has 10 nitrogen and oxygen atoms in total. The SMILES string of the molecule is COC(=O)c1ccccc1NC(=O)Cn1cnc2nc(-c3ccc(OC)cc3)ncc2c1=O. The van der Waals surface area contributed by atoms with Gasteiger partial charge in [-0.1, -0.05) is 12.1 Å². The van der Waals surface area contributed by atoms with Gasteiger partial charge in [-0.3, -0.25) is 14.2 Å². The molecule has 0 spiro atoms. The van der Waals surface area contributed by atoms with E-state index in [9.17, 15) is 14.4 Å². The number of nitrogens with zero attached hydrogens (tertiary/aromatic N) is 4. The van der Waals surface area contributed by atoms with Crippen LogP contribution in [0.25, 0.3) is 22.4 Å². The predicted octanol–water partition coefficient (Wildman–Crippen LogP) is 2.29. The van der Waals surface area contributed by atoms with Crippen LogP contribution in [0.5, 0.6) is 5.75 Å². The Balaban J connectivity index is 1.57. The Bertz CT molecular complexity index is 1400. The molecule has 0 aliphatic rings. The topological polar surface area (TPSA) is 125 Å². The lowest BCUT2D eigenvalue weighted by atomic mass is 10.2. The van der Waals surface area contributed by atoms with Gasteiger partial charge in [-0.25, -0.2) is 19.7 Å². The van der Waals surface area contributed by atoms with Crippen molar-refractivity contribution >= 4 is 28.6 Å². The summed E-state index contributed by atoms with van der Waals surface area (Å²) in [6, 6.07) is 13.6. The van der Waals surface area contributed by atoms with E-state index < -0.39 is 17.4 Å². The van der Waals surface area contributed by atoms with E-state index in [2.05, 4.69) is 20.3 Å². The van der Waals surface area contributed by atoms with Crippen LogP contribution in [0.2, 0.25) is 0 Å². The average Bonchev–Trinajstić information content (AvgIpc) is 2.85. The van der Waals surface area contributed by atoms with Gasteiger partial charge in [0.05, 0.1) is 25.5 Å². The minimum Gasteiger partial charge on any atom is -0.497 e. The molecule has 0 saturated carbocycles. The van der Waals surface area contributed by atoms with E-state index >= 15 is 0 Å². The summed E-state index contributed by atoms with van der Waals surface area (Å²) in [5.41, 5.74) is 0.985.